The Morgan fingerprint density at radius 2 is 1.63 bits per heavy atom. The van der Waals surface area contributed by atoms with Crippen molar-refractivity contribution >= 4 is 62.2 Å². The third-order valence-corrected chi connectivity index (χ3v) is 11.3. The number of nitrogens with two attached hydrogens (primary N) is 2. The van der Waals surface area contributed by atoms with E-state index in [1.807, 2.05) is 49.1 Å². The van der Waals surface area contributed by atoms with Crippen molar-refractivity contribution in [3.63, 3.8) is 0 Å². The molecule has 8 heterocycles. The van der Waals surface area contributed by atoms with E-state index < -0.39 is 0 Å². The van der Waals surface area contributed by atoms with Crippen LogP contribution >= 0.6 is 39.3 Å². The Labute approximate surface area is 281 Å². The van der Waals surface area contributed by atoms with E-state index in [0.29, 0.717) is 28.9 Å². The number of nitrogen functional groups attached to an aromatic ring is 2. The molecule has 0 bridgehead atoms. The zero-order valence-corrected chi connectivity index (χ0v) is 28.3. The molecule has 14 nitrogen and oxygen atoms in total. The van der Waals surface area contributed by atoms with Crippen molar-refractivity contribution in [1.82, 2.24) is 59.4 Å². The molecular formula is C29H32BrClN14S. The lowest BCUT2D eigenvalue weighted by Crippen LogP contribution is -2.33. The maximum absolute atomic E-state index is 6.82. The molecule has 0 radical (unpaired) electrons. The minimum absolute atomic E-state index is 0.00791. The molecule has 2 aliphatic heterocycles. The molecule has 238 valence electrons. The quantitative estimate of drug-likeness (QED) is 0.204. The van der Waals surface area contributed by atoms with Crippen LogP contribution in [0.25, 0.3) is 33.5 Å². The number of hydrogen-bond donors (Lipinski definition) is 4. The maximum atomic E-state index is 6.82. The fraction of sp³-hybridized carbons (Fsp3) is 0.379. The van der Waals surface area contributed by atoms with Gasteiger partial charge in [0, 0.05) is 74.5 Å². The van der Waals surface area contributed by atoms with Crippen LogP contribution in [0.5, 0.6) is 0 Å². The van der Waals surface area contributed by atoms with Crippen LogP contribution < -0.4 is 22.1 Å². The lowest BCUT2D eigenvalue weighted by molar-refractivity contribution is 0.363. The molecule has 17 heteroatoms. The molecule has 0 saturated carbocycles. The molecule has 0 aliphatic carbocycles. The Morgan fingerprint density at radius 1 is 0.870 bits per heavy atom. The number of nitrogens with one attached hydrogen (secondary N) is 2. The molecule has 2 saturated heterocycles. The lowest BCUT2D eigenvalue weighted by atomic mass is 9.89. The van der Waals surface area contributed by atoms with Gasteiger partial charge in [0.15, 0.2) is 11.3 Å². The van der Waals surface area contributed by atoms with Crippen molar-refractivity contribution in [2.75, 3.05) is 36.9 Å². The number of nitrogens with zero attached hydrogens (tertiary/aromatic N) is 10. The van der Waals surface area contributed by atoms with Gasteiger partial charge in [-0.2, -0.15) is 29.4 Å². The average Bonchev–Trinajstić information content (AvgIpc) is 3.87. The van der Waals surface area contributed by atoms with Gasteiger partial charge in [0.25, 0.3) is 0 Å². The van der Waals surface area contributed by atoms with E-state index in [1.54, 1.807) is 26.1 Å². The van der Waals surface area contributed by atoms with E-state index in [2.05, 4.69) is 41.9 Å². The SMILES string of the molecule is Cn1cc(-c2cnn3c(N)c(Cl)c(C4CCC(c5nn(C)cc5-c5cnn6c(N)c(Br)c(C7CNCCS7)nc56)NC4)nc23)cn1. The van der Waals surface area contributed by atoms with E-state index in [-0.39, 0.29) is 17.2 Å². The summed E-state index contributed by atoms with van der Waals surface area (Å²) in [6.07, 6.45) is 11.0. The number of thioether (sulfide) groups is 1. The molecule has 6 aromatic heterocycles. The second kappa shape index (κ2) is 11.5. The van der Waals surface area contributed by atoms with Gasteiger partial charge in [0.2, 0.25) is 0 Å². The van der Waals surface area contributed by atoms with Gasteiger partial charge in [0.1, 0.15) is 16.7 Å². The lowest BCUT2D eigenvalue weighted by Gasteiger charge is -2.30. The summed E-state index contributed by atoms with van der Waals surface area (Å²) >= 11 is 12.4. The predicted octanol–water partition coefficient (Wildman–Crippen LogP) is 3.74. The summed E-state index contributed by atoms with van der Waals surface area (Å²) in [5, 5.41) is 26.1. The van der Waals surface area contributed by atoms with Gasteiger partial charge < -0.3 is 22.1 Å². The normalized spacial score (nSPS) is 20.7. The summed E-state index contributed by atoms with van der Waals surface area (Å²) in [4.78, 5) is 10.1. The highest BCUT2D eigenvalue weighted by Crippen LogP contribution is 2.41. The number of fused-ring (bicyclic) bond motifs is 2. The second-order valence-corrected chi connectivity index (χ2v) is 14.3. The molecule has 2 aliphatic rings. The molecule has 6 aromatic rings. The Morgan fingerprint density at radius 3 is 2.35 bits per heavy atom. The number of rotatable bonds is 5. The fourth-order valence-corrected chi connectivity index (χ4v) is 8.57. The minimum Gasteiger partial charge on any atom is -0.383 e. The van der Waals surface area contributed by atoms with Gasteiger partial charge in [-0.05, 0) is 28.8 Å². The summed E-state index contributed by atoms with van der Waals surface area (Å²) < 4.78 is 7.68. The number of halogens is 2. The Hall–Kier alpha value is -3.70. The maximum Gasteiger partial charge on any atom is 0.165 e. The number of hydrogen-bond acceptors (Lipinski definition) is 11. The largest absolute Gasteiger partial charge is 0.383 e. The van der Waals surface area contributed by atoms with Gasteiger partial charge in [-0.3, -0.25) is 9.36 Å². The van der Waals surface area contributed by atoms with E-state index in [0.717, 1.165) is 81.1 Å². The molecule has 46 heavy (non-hydrogen) atoms. The third-order valence-electron chi connectivity index (χ3n) is 8.82. The van der Waals surface area contributed by atoms with Crippen LogP contribution in [0.2, 0.25) is 5.02 Å². The molecular weight excluding hydrogens is 692 g/mol. The number of piperidine rings is 1. The van der Waals surface area contributed by atoms with Gasteiger partial charge in [-0.25, -0.2) is 9.97 Å². The molecule has 0 aromatic carbocycles. The monoisotopic (exact) mass is 722 g/mol. The topological polar surface area (TPSA) is 172 Å². The van der Waals surface area contributed by atoms with Crippen molar-refractivity contribution in [2.45, 2.75) is 30.1 Å². The van der Waals surface area contributed by atoms with Crippen LogP contribution in [0.1, 0.15) is 47.1 Å². The van der Waals surface area contributed by atoms with Crippen molar-refractivity contribution in [1.29, 1.82) is 0 Å². The predicted molar refractivity (Wildman–Crippen MR) is 183 cm³/mol. The van der Waals surface area contributed by atoms with E-state index in [9.17, 15) is 0 Å². The zero-order chi connectivity index (χ0) is 31.7. The van der Waals surface area contributed by atoms with Crippen LogP contribution in [-0.4, -0.2) is 74.1 Å². The highest BCUT2D eigenvalue weighted by atomic mass is 79.9. The van der Waals surface area contributed by atoms with Gasteiger partial charge in [-0.15, -0.1) is 11.8 Å². The first kappa shape index (κ1) is 29.7. The van der Waals surface area contributed by atoms with Crippen molar-refractivity contribution in [3.05, 3.63) is 57.6 Å². The Bertz CT molecular complexity index is 2100. The highest BCUT2D eigenvalue weighted by Gasteiger charge is 2.32. The van der Waals surface area contributed by atoms with Crippen LogP contribution in [0.4, 0.5) is 11.6 Å². The molecule has 3 atom stereocenters. The van der Waals surface area contributed by atoms with Gasteiger partial charge in [-0.1, -0.05) is 11.6 Å². The Kier molecular flexibility index (Phi) is 7.44. The smallest absolute Gasteiger partial charge is 0.165 e. The first-order chi connectivity index (χ1) is 22.3. The molecule has 0 spiro atoms. The minimum atomic E-state index is 0.00791. The van der Waals surface area contributed by atoms with E-state index >= 15 is 0 Å². The van der Waals surface area contributed by atoms with E-state index in [4.69, 9.17) is 38.1 Å². The zero-order valence-electron chi connectivity index (χ0n) is 25.2. The van der Waals surface area contributed by atoms with E-state index in [1.165, 1.54) is 0 Å². The Balaban J connectivity index is 1.10. The van der Waals surface area contributed by atoms with Crippen LogP contribution in [-0.2, 0) is 14.1 Å². The number of aryl methyl sites for hydroxylation is 2. The standard InChI is InChI=1S/C29H32BrClN14S/c1-42-12-15(8-36-42)16-9-37-45-27(33)22(31)23(39-28(16)45)14-3-4-19(35-7-14)24-18(13-43(2)41-24)17-10-38-44-26(32)21(30)25(40-29(17)44)20-11-34-5-6-46-20/h8-10,12-14,19-20,34-35H,3-7,11,32-33H2,1-2H3. The van der Waals surface area contributed by atoms with Crippen molar-refractivity contribution < 1.29 is 0 Å². The van der Waals surface area contributed by atoms with Crippen LogP contribution in [0.15, 0.2) is 35.5 Å². The van der Waals surface area contributed by atoms with Gasteiger partial charge >= 0.3 is 0 Å². The van der Waals surface area contributed by atoms with Crippen LogP contribution in [0.3, 0.4) is 0 Å². The van der Waals surface area contributed by atoms with Crippen molar-refractivity contribution in [2.24, 2.45) is 14.1 Å². The highest BCUT2D eigenvalue weighted by molar-refractivity contribution is 9.10. The first-order valence-electron chi connectivity index (χ1n) is 15.0. The number of aromatic nitrogens is 10. The molecule has 2 fully saturated rings. The first-order valence-corrected chi connectivity index (χ1v) is 17.2. The molecule has 0 amide bonds. The average molecular weight is 724 g/mol. The summed E-state index contributed by atoms with van der Waals surface area (Å²) in [5.74, 6) is 1.98. The summed E-state index contributed by atoms with van der Waals surface area (Å²) in [6.45, 7) is 2.48. The molecule has 6 N–H and O–H groups in total. The second-order valence-electron chi connectivity index (χ2n) is 11.8. The summed E-state index contributed by atoms with van der Waals surface area (Å²) in [5.41, 5.74) is 20.7. The van der Waals surface area contributed by atoms with Crippen LogP contribution in [0, 0.1) is 0 Å². The molecule has 8 rings (SSSR count). The van der Waals surface area contributed by atoms with Gasteiger partial charge in [0.05, 0.1) is 57.0 Å². The molecule has 3 unspecified atom stereocenters. The fourth-order valence-electron chi connectivity index (χ4n) is 6.50. The third kappa shape index (κ3) is 4.85. The summed E-state index contributed by atoms with van der Waals surface area (Å²) in [6, 6.07) is 0.00791. The number of anilines is 2. The van der Waals surface area contributed by atoms with Crippen molar-refractivity contribution in [3.8, 4) is 22.3 Å². The summed E-state index contributed by atoms with van der Waals surface area (Å²) in [7, 11) is 3.81.